The number of fused-ring (bicyclic) bond motifs is 1. The van der Waals surface area contributed by atoms with Crippen LogP contribution in [0.5, 0.6) is 5.75 Å². The van der Waals surface area contributed by atoms with Gasteiger partial charge in [0.15, 0.2) is 0 Å². The van der Waals surface area contributed by atoms with Crippen molar-refractivity contribution in [2.24, 2.45) is 0 Å². The summed E-state index contributed by atoms with van der Waals surface area (Å²) in [5, 5.41) is 2.66. The Morgan fingerprint density at radius 3 is 2.56 bits per heavy atom. The van der Waals surface area contributed by atoms with Gasteiger partial charge in [0.25, 0.3) is 5.56 Å². The van der Waals surface area contributed by atoms with Crippen LogP contribution in [0.15, 0.2) is 64.8 Å². The van der Waals surface area contributed by atoms with Crippen molar-refractivity contribution in [3.63, 3.8) is 0 Å². The quantitative estimate of drug-likeness (QED) is 0.600. The van der Waals surface area contributed by atoms with Crippen LogP contribution in [0.2, 0.25) is 0 Å². The van der Waals surface area contributed by atoms with Crippen molar-refractivity contribution < 1.29 is 4.74 Å². The summed E-state index contributed by atoms with van der Waals surface area (Å²) in [6, 6.07) is 17.7. The number of aromatic amines is 1. The molecule has 4 rings (SSSR count). The van der Waals surface area contributed by atoms with Gasteiger partial charge in [-0.25, -0.2) is 4.98 Å². The van der Waals surface area contributed by atoms with Crippen LogP contribution in [0.4, 0.5) is 0 Å². The largest absolute Gasteiger partial charge is 0.497 e. The first-order valence-electron chi connectivity index (χ1n) is 7.93. The van der Waals surface area contributed by atoms with Gasteiger partial charge in [-0.05, 0) is 23.3 Å². The zero-order chi connectivity index (χ0) is 17.2. The van der Waals surface area contributed by atoms with Gasteiger partial charge >= 0.3 is 0 Å². The SMILES string of the molecule is COc1ccc(Cc2nc3scc(-c4ccccc4)c3c(=O)[nH]2)cc1. The number of benzene rings is 2. The number of nitrogens with zero attached hydrogens (tertiary/aromatic N) is 1. The van der Waals surface area contributed by atoms with Gasteiger partial charge in [-0.3, -0.25) is 4.79 Å². The summed E-state index contributed by atoms with van der Waals surface area (Å²) >= 11 is 1.50. The standard InChI is InChI=1S/C20H16N2O2S/c1-24-15-9-7-13(8-10-15)11-17-21-19(23)18-16(12-25-20(18)22-17)14-5-3-2-4-6-14/h2-10,12H,11H2,1H3,(H,21,22,23). The van der Waals surface area contributed by atoms with Gasteiger partial charge in [-0.15, -0.1) is 11.3 Å². The highest BCUT2D eigenvalue weighted by molar-refractivity contribution is 7.17. The van der Waals surface area contributed by atoms with Gasteiger partial charge in [-0.2, -0.15) is 0 Å². The maximum atomic E-state index is 12.6. The van der Waals surface area contributed by atoms with Crippen molar-refractivity contribution in [2.75, 3.05) is 7.11 Å². The van der Waals surface area contributed by atoms with Crippen LogP contribution in [0.25, 0.3) is 21.3 Å². The third-order valence-electron chi connectivity index (χ3n) is 4.11. The summed E-state index contributed by atoms with van der Waals surface area (Å²) in [5.74, 6) is 1.48. The Morgan fingerprint density at radius 2 is 1.84 bits per heavy atom. The van der Waals surface area contributed by atoms with Crippen LogP contribution < -0.4 is 10.3 Å². The van der Waals surface area contributed by atoms with E-state index in [2.05, 4.69) is 9.97 Å². The van der Waals surface area contributed by atoms with Crippen molar-refractivity contribution in [3.8, 4) is 16.9 Å². The van der Waals surface area contributed by atoms with Gasteiger partial charge < -0.3 is 9.72 Å². The second-order valence-electron chi connectivity index (χ2n) is 5.73. The van der Waals surface area contributed by atoms with Crippen LogP contribution in [0.3, 0.4) is 0 Å². The molecular formula is C20H16N2O2S. The van der Waals surface area contributed by atoms with E-state index in [-0.39, 0.29) is 5.56 Å². The van der Waals surface area contributed by atoms with E-state index in [0.717, 1.165) is 27.3 Å². The molecular weight excluding hydrogens is 332 g/mol. The molecule has 0 saturated heterocycles. The van der Waals surface area contributed by atoms with Crippen molar-refractivity contribution in [2.45, 2.75) is 6.42 Å². The molecule has 0 atom stereocenters. The molecule has 2 heterocycles. The predicted octanol–water partition coefficient (Wildman–Crippen LogP) is 4.25. The van der Waals surface area contributed by atoms with Crippen LogP contribution in [0, 0.1) is 0 Å². The molecule has 0 bridgehead atoms. The number of rotatable bonds is 4. The number of aromatic nitrogens is 2. The van der Waals surface area contributed by atoms with E-state index in [1.165, 1.54) is 11.3 Å². The lowest BCUT2D eigenvalue weighted by atomic mass is 10.1. The Labute approximate surface area is 148 Å². The van der Waals surface area contributed by atoms with Gasteiger partial charge in [-0.1, -0.05) is 42.5 Å². The first kappa shape index (κ1) is 15.6. The summed E-state index contributed by atoms with van der Waals surface area (Å²) < 4.78 is 5.17. The molecule has 4 aromatic rings. The number of thiophene rings is 1. The Kier molecular flexibility index (Phi) is 4.07. The summed E-state index contributed by atoms with van der Waals surface area (Å²) in [6.45, 7) is 0. The number of nitrogens with one attached hydrogen (secondary N) is 1. The second-order valence-corrected chi connectivity index (χ2v) is 6.59. The number of H-pyrrole nitrogens is 1. The molecule has 0 aliphatic heterocycles. The first-order chi connectivity index (χ1) is 12.2. The monoisotopic (exact) mass is 348 g/mol. The van der Waals surface area contributed by atoms with Crippen LogP contribution in [-0.4, -0.2) is 17.1 Å². The maximum Gasteiger partial charge on any atom is 0.260 e. The summed E-state index contributed by atoms with van der Waals surface area (Å²) in [7, 11) is 1.64. The normalized spacial score (nSPS) is 10.9. The first-order valence-corrected chi connectivity index (χ1v) is 8.81. The molecule has 0 fully saturated rings. The lowest BCUT2D eigenvalue weighted by Gasteiger charge is -2.04. The molecule has 1 N–H and O–H groups in total. The number of ether oxygens (including phenoxy) is 1. The highest BCUT2D eigenvalue weighted by atomic mass is 32.1. The third-order valence-corrected chi connectivity index (χ3v) is 4.98. The average molecular weight is 348 g/mol. The molecule has 4 nitrogen and oxygen atoms in total. The van der Waals surface area contributed by atoms with Crippen molar-refractivity contribution in [1.82, 2.24) is 9.97 Å². The molecule has 0 aliphatic rings. The summed E-state index contributed by atoms with van der Waals surface area (Å²) in [5.41, 5.74) is 2.95. The van der Waals surface area contributed by atoms with E-state index < -0.39 is 0 Å². The van der Waals surface area contributed by atoms with Crippen molar-refractivity contribution >= 4 is 21.6 Å². The molecule has 0 unspecified atom stereocenters. The fourth-order valence-corrected chi connectivity index (χ4v) is 3.81. The minimum absolute atomic E-state index is 0.0892. The number of hydrogen-bond donors (Lipinski definition) is 1. The summed E-state index contributed by atoms with van der Waals surface area (Å²) in [4.78, 5) is 21.0. The predicted molar refractivity (Wildman–Crippen MR) is 101 cm³/mol. The molecule has 0 spiro atoms. The molecule has 0 radical (unpaired) electrons. The van der Waals surface area contributed by atoms with E-state index >= 15 is 0 Å². The Hall–Kier alpha value is -2.92. The molecule has 0 amide bonds. The maximum absolute atomic E-state index is 12.6. The highest BCUT2D eigenvalue weighted by Gasteiger charge is 2.13. The van der Waals surface area contributed by atoms with Gasteiger partial charge in [0, 0.05) is 17.4 Å². The van der Waals surface area contributed by atoms with E-state index in [1.54, 1.807) is 7.11 Å². The lowest BCUT2D eigenvalue weighted by molar-refractivity contribution is 0.414. The molecule has 2 aromatic heterocycles. The third kappa shape index (κ3) is 3.06. The zero-order valence-corrected chi connectivity index (χ0v) is 14.5. The van der Waals surface area contributed by atoms with Gasteiger partial charge in [0.2, 0.25) is 0 Å². The topological polar surface area (TPSA) is 55.0 Å². The van der Waals surface area contributed by atoms with Gasteiger partial charge in [0.1, 0.15) is 16.4 Å². The van der Waals surface area contributed by atoms with Crippen LogP contribution in [-0.2, 0) is 6.42 Å². The molecule has 0 aliphatic carbocycles. The minimum atomic E-state index is -0.0892. The molecule has 0 saturated carbocycles. The molecule has 2 aromatic carbocycles. The van der Waals surface area contributed by atoms with E-state index in [0.29, 0.717) is 17.6 Å². The minimum Gasteiger partial charge on any atom is -0.497 e. The molecule has 5 heteroatoms. The Balaban J connectivity index is 1.72. The average Bonchev–Trinajstić information content (AvgIpc) is 3.08. The van der Waals surface area contributed by atoms with E-state index in [9.17, 15) is 4.79 Å². The van der Waals surface area contributed by atoms with Crippen LogP contribution in [0.1, 0.15) is 11.4 Å². The Bertz CT molecular complexity index is 1070. The Morgan fingerprint density at radius 1 is 1.08 bits per heavy atom. The number of methoxy groups -OCH3 is 1. The van der Waals surface area contributed by atoms with Gasteiger partial charge in [0.05, 0.1) is 12.5 Å². The van der Waals surface area contributed by atoms with Crippen LogP contribution >= 0.6 is 11.3 Å². The fraction of sp³-hybridized carbons (Fsp3) is 0.100. The lowest BCUT2D eigenvalue weighted by Crippen LogP contribution is -2.11. The molecule has 124 valence electrons. The number of hydrogen-bond acceptors (Lipinski definition) is 4. The fourth-order valence-electron chi connectivity index (χ4n) is 2.84. The summed E-state index contributed by atoms with van der Waals surface area (Å²) in [6.07, 6.45) is 0.577. The van der Waals surface area contributed by atoms with Crippen molar-refractivity contribution in [1.29, 1.82) is 0 Å². The van der Waals surface area contributed by atoms with E-state index in [4.69, 9.17) is 4.74 Å². The smallest absolute Gasteiger partial charge is 0.260 e. The van der Waals surface area contributed by atoms with Crippen molar-refractivity contribution in [3.05, 3.63) is 81.7 Å². The molecule has 25 heavy (non-hydrogen) atoms. The highest BCUT2D eigenvalue weighted by Crippen LogP contribution is 2.30. The second kappa shape index (κ2) is 6.53. The van der Waals surface area contributed by atoms with E-state index in [1.807, 2.05) is 60.0 Å². The zero-order valence-electron chi connectivity index (χ0n) is 13.7.